The van der Waals surface area contributed by atoms with Gasteiger partial charge in [0.1, 0.15) is 18.1 Å². The molecule has 1 amide bonds. The van der Waals surface area contributed by atoms with E-state index in [1.165, 1.54) is 0 Å². The number of carbonyl (C=O) groups excluding carboxylic acids is 1. The zero-order chi connectivity index (χ0) is 21.8. The zero-order valence-corrected chi connectivity index (χ0v) is 18.4. The van der Waals surface area contributed by atoms with Gasteiger partial charge >= 0.3 is 0 Å². The molecule has 29 heavy (non-hydrogen) atoms. The maximum atomic E-state index is 13.0. The Balaban J connectivity index is 2.32. The van der Waals surface area contributed by atoms with Crippen LogP contribution in [0.5, 0.6) is 5.75 Å². The van der Waals surface area contributed by atoms with Crippen molar-refractivity contribution >= 4 is 28.6 Å². The largest absolute Gasteiger partial charge is 0.488 e. The summed E-state index contributed by atoms with van der Waals surface area (Å²) in [7, 11) is 0. The highest BCUT2D eigenvalue weighted by Crippen LogP contribution is 2.24. The third kappa shape index (κ3) is 6.05. The maximum absolute atomic E-state index is 13.0. The van der Waals surface area contributed by atoms with Gasteiger partial charge < -0.3 is 21.5 Å². The summed E-state index contributed by atoms with van der Waals surface area (Å²) in [4.78, 5) is 22.7. The monoisotopic (exact) mass is 415 g/mol. The van der Waals surface area contributed by atoms with Crippen LogP contribution in [0.15, 0.2) is 41.7 Å². The number of hydrogen-bond acceptors (Lipinski definition) is 7. The number of anilines is 1. The van der Waals surface area contributed by atoms with E-state index >= 15 is 0 Å². The van der Waals surface area contributed by atoms with E-state index in [-0.39, 0.29) is 17.7 Å². The molecule has 2 aromatic rings. The zero-order valence-electron chi connectivity index (χ0n) is 17.6. The summed E-state index contributed by atoms with van der Waals surface area (Å²) in [6.45, 7) is 13.4. The standard InChI is InChI=1S/C21H29N5O2S/c1-12(2)25-19(20(27)26-21(5,6)13(3)22)17-9-15(7-8-18(17)23)28-11-16-10-24-14(4)29-16/h7-10,12H,3,11,22-23H2,1-2,4-6H3,(H,26,27). The summed E-state index contributed by atoms with van der Waals surface area (Å²) in [5.41, 5.74) is 12.7. The van der Waals surface area contributed by atoms with Crippen LogP contribution >= 0.6 is 11.3 Å². The second-order valence-electron chi connectivity index (χ2n) is 7.56. The first-order chi connectivity index (χ1) is 13.5. The van der Waals surface area contributed by atoms with Crippen LogP contribution in [0.3, 0.4) is 0 Å². The average Bonchev–Trinajstić information content (AvgIpc) is 3.04. The first kappa shape index (κ1) is 22.4. The fourth-order valence-electron chi connectivity index (χ4n) is 2.39. The van der Waals surface area contributed by atoms with Crippen molar-refractivity contribution in [3.63, 3.8) is 0 Å². The van der Waals surface area contributed by atoms with Gasteiger partial charge in [-0.2, -0.15) is 0 Å². The molecule has 0 spiro atoms. The number of ether oxygens (including phenoxy) is 1. The van der Waals surface area contributed by atoms with E-state index in [4.69, 9.17) is 16.2 Å². The van der Waals surface area contributed by atoms with Gasteiger partial charge in [-0.15, -0.1) is 11.3 Å². The summed E-state index contributed by atoms with van der Waals surface area (Å²) in [5, 5.41) is 3.85. The molecule has 156 valence electrons. The van der Waals surface area contributed by atoms with Gasteiger partial charge in [0.25, 0.3) is 5.91 Å². The van der Waals surface area contributed by atoms with Crippen molar-refractivity contribution in [1.82, 2.24) is 10.3 Å². The fraction of sp³-hybridized carbons (Fsp3) is 0.381. The molecule has 1 heterocycles. The lowest BCUT2D eigenvalue weighted by atomic mass is 10.00. The van der Waals surface area contributed by atoms with Crippen LogP contribution < -0.4 is 21.5 Å². The van der Waals surface area contributed by atoms with E-state index in [9.17, 15) is 4.79 Å². The van der Waals surface area contributed by atoms with Gasteiger partial charge in [0, 0.05) is 29.2 Å². The van der Waals surface area contributed by atoms with Gasteiger partial charge in [0.2, 0.25) is 0 Å². The predicted octanol–water partition coefficient (Wildman–Crippen LogP) is 3.18. The molecule has 0 aliphatic rings. The van der Waals surface area contributed by atoms with Gasteiger partial charge in [0.15, 0.2) is 0 Å². The van der Waals surface area contributed by atoms with Gasteiger partial charge in [-0.05, 0) is 52.8 Å². The van der Waals surface area contributed by atoms with Crippen LogP contribution in [0.4, 0.5) is 5.69 Å². The number of nitrogens with zero attached hydrogens (tertiary/aromatic N) is 2. The summed E-state index contributed by atoms with van der Waals surface area (Å²) in [6, 6.07) is 5.10. The number of hydrogen-bond donors (Lipinski definition) is 3. The molecule has 1 aromatic heterocycles. The molecule has 0 saturated heterocycles. The van der Waals surface area contributed by atoms with Crippen LogP contribution in [-0.2, 0) is 11.4 Å². The van der Waals surface area contributed by atoms with Crippen molar-refractivity contribution in [2.24, 2.45) is 10.7 Å². The molecule has 8 heteroatoms. The first-order valence-electron chi connectivity index (χ1n) is 9.28. The summed E-state index contributed by atoms with van der Waals surface area (Å²) in [5.74, 6) is 0.212. The lowest BCUT2D eigenvalue weighted by Crippen LogP contribution is -2.49. The van der Waals surface area contributed by atoms with Gasteiger partial charge in [-0.1, -0.05) is 6.58 Å². The van der Waals surface area contributed by atoms with E-state index in [0.29, 0.717) is 29.3 Å². The fourth-order valence-corrected chi connectivity index (χ4v) is 3.10. The van der Waals surface area contributed by atoms with Crippen molar-refractivity contribution in [1.29, 1.82) is 0 Å². The summed E-state index contributed by atoms with van der Waals surface area (Å²) < 4.78 is 5.87. The Morgan fingerprint density at radius 2 is 2.10 bits per heavy atom. The predicted molar refractivity (Wildman–Crippen MR) is 119 cm³/mol. The lowest BCUT2D eigenvalue weighted by Gasteiger charge is -2.27. The number of aromatic nitrogens is 1. The number of amides is 1. The van der Waals surface area contributed by atoms with Crippen molar-refractivity contribution < 1.29 is 9.53 Å². The number of aryl methyl sites for hydroxylation is 1. The van der Waals surface area contributed by atoms with E-state index in [1.807, 2.05) is 20.8 Å². The van der Waals surface area contributed by atoms with Gasteiger partial charge in [-0.3, -0.25) is 9.79 Å². The van der Waals surface area contributed by atoms with Crippen molar-refractivity contribution in [2.75, 3.05) is 5.73 Å². The number of aliphatic imine (C=N–C) groups is 1. The molecule has 0 atom stereocenters. The number of nitrogens with two attached hydrogens (primary N) is 2. The average molecular weight is 416 g/mol. The first-order valence-corrected chi connectivity index (χ1v) is 10.1. The minimum atomic E-state index is -0.790. The highest BCUT2D eigenvalue weighted by Gasteiger charge is 2.26. The van der Waals surface area contributed by atoms with Crippen molar-refractivity contribution in [2.45, 2.75) is 52.8 Å². The Morgan fingerprint density at radius 3 is 2.66 bits per heavy atom. The van der Waals surface area contributed by atoms with Crippen LogP contribution in [0.1, 0.15) is 43.1 Å². The SMILES string of the molecule is C=C(N)C(C)(C)NC(=O)C(=NC(C)C)c1cc(OCc2cnc(C)s2)ccc1N. The molecule has 7 nitrogen and oxygen atoms in total. The Hall–Kier alpha value is -2.87. The number of nitrogen functional groups attached to an aromatic ring is 1. The molecule has 1 aromatic carbocycles. The minimum Gasteiger partial charge on any atom is -0.488 e. The van der Waals surface area contributed by atoms with E-state index in [0.717, 1.165) is 9.88 Å². The molecule has 0 aliphatic carbocycles. The van der Waals surface area contributed by atoms with Crippen LogP contribution in [0.25, 0.3) is 0 Å². The second-order valence-corrected chi connectivity index (χ2v) is 8.88. The molecule has 0 fully saturated rings. The topological polar surface area (TPSA) is 116 Å². The highest BCUT2D eigenvalue weighted by molar-refractivity contribution is 7.11. The Kier molecular flexibility index (Phi) is 7.02. The Morgan fingerprint density at radius 1 is 1.41 bits per heavy atom. The third-order valence-electron chi connectivity index (χ3n) is 4.16. The normalized spacial score (nSPS) is 12.1. The second kappa shape index (κ2) is 9.09. The number of benzene rings is 1. The lowest BCUT2D eigenvalue weighted by molar-refractivity contribution is -0.115. The number of carbonyl (C=O) groups is 1. The van der Waals surface area contributed by atoms with E-state index < -0.39 is 5.54 Å². The van der Waals surface area contributed by atoms with Crippen molar-refractivity contribution in [3.8, 4) is 5.75 Å². The van der Waals surface area contributed by atoms with E-state index in [2.05, 4.69) is 21.9 Å². The maximum Gasteiger partial charge on any atom is 0.270 e. The summed E-state index contributed by atoms with van der Waals surface area (Å²) in [6.07, 6.45) is 1.79. The Bertz CT molecular complexity index is 931. The number of thiazole rings is 1. The molecular formula is C21H29N5O2S. The number of nitrogens with one attached hydrogen (secondary N) is 1. The molecule has 2 rings (SSSR count). The smallest absolute Gasteiger partial charge is 0.270 e. The minimum absolute atomic E-state index is 0.107. The molecule has 0 aliphatic heterocycles. The molecule has 5 N–H and O–H groups in total. The Labute approximate surface area is 175 Å². The van der Waals surface area contributed by atoms with Gasteiger partial charge in [-0.25, -0.2) is 4.98 Å². The summed E-state index contributed by atoms with van der Waals surface area (Å²) >= 11 is 1.57. The molecule has 0 unspecified atom stereocenters. The molecule has 0 saturated carbocycles. The van der Waals surface area contributed by atoms with Crippen LogP contribution in [0.2, 0.25) is 0 Å². The number of rotatable bonds is 8. The molecule has 0 radical (unpaired) electrons. The quantitative estimate of drug-likeness (QED) is 0.452. The van der Waals surface area contributed by atoms with Crippen molar-refractivity contribution in [3.05, 3.63) is 52.1 Å². The highest BCUT2D eigenvalue weighted by atomic mass is 32.1. The molecular weight excluding hydrogens is 386 g/mol. The van der Waals surface area contributed by atoms with Crippen LogP contribution in [-0.4, -0.2) is 28.2 Å². The molecule has 0 bridgehead atoms. The third-order valence-corrected chi connectivity index (χ3v) is 5.05. The van der Waals surface area contributed by atoms with E-state index in [1.54, 1.807) is 49.6 Å². The van der Waals surface area contributed by atoms with Gasteiger partial charge in [0.05, 0.1) is 15.4 Å². The van der Waals surface area contributed by atoms with Crippen LogP contribution in [0, 0.1) is 6.92 Å².